The largest absolute Gasteiger partial charge is 0.468 e. The average molecular weight is 310 g/mol. The zero-order valence-corrected chi connectivity index (χ0v) is 13.6. The van der Waals surface area contributed by atoms with Gasteiger partial charge in [0.2, 0.25) is 0 Å². The van der Waals surface area contributed by atoms with E-state index in [1.165, 1.54) is 23.8 Å². The third-order valence-corrected chi connectivity index (χ3v) is 6.07. The van der Waals surface area contributed by atoms with Crippen molar-refractivity contribution >= 4 is 17.1 Å². The van der Waals surface area contributed by atoms with Gasteiger partial charge < -0.3 is 9.84 Å². The summed E-state index contributed by atoms with van der Waals surface area (Å²) in [4.78, 5) is 12.9. The van der Waals surface area contributed by atoms with Gasteiger partial charge in [-0.25, -0.2) is 0 Å². The highest BCUT2D eigenvalue weighted by Gasteiger charge is 2.58. The fourth-order valence-electron chi connectivity index (χ4n) is 5.10. The van der Waals surface area contributed by atoms with Crippen molar-refractivity contribution in [3.05, 3.63) is 47.0 Å². The molecule has 0 saturated heterocycles. The summed E-state index contributed by atoms with van der Waals surface area (Å²) < 4.78 is 5.19. The van der Waals surface area contributed by atoms with Crippen LogP contribution in [0.5, 0.6) is 0 Å². The first-order chi connectivity index (χ1) is 11.2. The Morgan fingerprint density at radius 2 is 2.09 bits per heavy atom. The van der Waals surface area contributed by atoms with E-state index in [1.54, 1.807) is 0 Å². The molecule has 2 bridgehead atoms. The molecule has 1 aromatic carbocycles. The number of hydrogen-bond donors (Lipinski definition) is 1. The lowest BCUT2D eigenvalue weighted by Gasteiger charge is -2.43. The van der Waals surface area contributed by atoms with Crippen LogP contribution in [0.25, 0.3) is 11.1 Å². The molecule has 0 amide bonds. The Balaban J connectivity index is 1.97. The van der Waals surface area contributed by atoms with E-state index < -0.39 is 5.41 Å². The normalized spacial score (nSPS) is 32.9. The Hall–Kier alpha value is -1.87. The molecule has 3 aliphatic carbocycles. The highest BCUT2D eigenvalue weighted by atomic mass is 16.5. The first-order valence-corrected chi connectivity index (χ1v) is 8.35. The number of aliphatic hydroxyl groups is 1. The van der Waals surface area contributed by atoms with Crippen LogP contribution in [0.1, 0.15) is 37.3 Å². The Morgan fingerprint density at radius 3 is 2.74 bits per heavy atom. The molecule has 0 heterocycles. The number of allylic oxidation sites excluding steroid dienone is 3. The maximum absolute atomic E-state index is 12.9. The molecule has 0 aliphatic heterocycles. The molecule has 0 aromatic heterocycles. The summed E-state index contributed by atoms with van der Waals surface area (Å²) in [7, 11) is 1.43. The fourth-order valence-corrected chi connectivity index (χ4v) is 5.10. The zero-order valence-electron chi connectivity index (χ0n) is 13.6. The van der Waals surface area contributed by atoms with E-state index in [2.05, 4.69) is 18.2 Å². The number of carbonyl (C=O) groups is 1. The summed E-state index contributed by atoms with van der Waals surface area (Å²) in [5.74, 6) is 0.312. The van der Waals surface area contributed by atoms with Crippen molar-refractivity contribution in [1.29, 1.82) is 0 Å². The highest BCUT2D eigenvalue weighted by molar-refractivity contribution is 6.13. The Bertz CT molecular complexity index is 743. The van der Waals surface area contributed by atoms with Crippen LogP contribution in [0.15, 0.2) is 35.9 Å². The van der Waals surface area contributed by atoms with Gasteiger partial charge in [0.05, 0.1) is 13.7 Å². The van der Waals surface area contributed by atoms with Crippen molar-refractivity contribution in [2.45, 2.75) is 26.2 Å². The molecule has 3 atom stereocenters. The van der Waals surface area contributed by atoms with Gasteiger partial charge in [0.1, 0.15) is 5.41 Å². The third kappa shape index (κ3) is 1.71. The van der Waals surface area contributed by atoms with Gasteiger partial charge in [-0.3, -0.25) is 4.79 Å². The molecule has 23 heavy (non-hydrogen) atoms. The first-order valence-electron chi connectivity index (χ1n) is 8.35. The number of aliphatic hydroxyl groups excluding tert-OH is 1. The molecule has 1 fully saturated rings. The van der Waals surface area contributed by atoms with E-state index in [0.717, 1.165) is 30.4 Å². The Labute approximate surface area is 136 Å². The third-order valence-electron chi connectivity index (χ3n) is 6.07. The Kier molecular flexibility index (Phi) is 3.24. The lowest BCUT2D eigenvalue weighted by Crippen LogP contribution is -2.45. The lowest BCUT2D eigenvalue weighted by atomic mass is 9.60. The SMILES string of the molecule is CC=C1CC2CC3=C(c4ccccc43)C(CO)(C(=O)OC)C1C2. The number of methoxy groups -OCH3 is 1. The number of carbonyl (C=O) groups excluding carboxylic acids is 1. The standard InChI is InChI=1S/C20H22O3/c1-3-13-8-12-9-16-14-6-4-5-7-15(14)18(16)20(11-21,17(13)10-12)19(22)23-2/h3-7,12,17,21H,8-11H2,1-2H3. The minimum atomic E-state index is -0.939. The molecule has 0 spiro atoms. The summed E-state index contributed by atoms with van der Waals surface area (Å²) in [5, 5.41) is 10.4. The van der Waals surface area contributed by atoms with Gasteiger partial charge in [-0.15, -0.1) is 0 Å². The molecular formula is C20H22O3. The molecular weight excluding hydrogens is 288 g/mol. The molecule has 3 aliphatic rings. The van der Waals surface area contributed by atoms with Gasteiger partial charge in [0.15, 0.2) is 0 Å². The van der Waals surface area contributed by atoms with Gasteiger partial charge in [-0.2, -0.15) is 0 Å². The number of hydrogen-bond acceptors (Lipinski definition) is 3. The summed E-state index contributed by atoms with van der Waals surface area (Å²) in [5.41, 5.74) is 5.02. The minimum absolute atomic E-state index is 0.0517. The highest BCUT2D eigenvalue weighted by Crippen LogP contribution is 2.63. The van der Waals surface area contributed by atoms with Crippen molar-refractivity contribution in [3.63, 3.8) is 0 Å². The number of ether oxygens (including phenoxy) is 1. The minimum Gasteiger partial charge on any atom is -0.468 e. The molecule has 1 saturated carbocycles. The molecule has 0 radical (unpaired) electrons. The van der Waals surface area contributed by atoms with Gasteiger partial charge in [-0.05, 0) is 54.4 Å². The number of esters is 1. The van der Waals surface area contributed by atoms with Crippen LogP contribution in [0, 0.1) is 17.3 Å². The predicted octanol–water partition coefficient (Wildman–Crippen LogP) is 3.44. The van der Waals surface area contributed by atoms with E-state index in [4.69, 9.17) is 4.74 Å². The number of benzene rings is 1. The van der Waals surface area contributed by atoms with Gasteiger partial charge in [-0.1, -0.05) is 35.9 Å². The topological polar surface area (TPSA) is 46.5 Å². The second-order valence-electron chi connectivity index (χ2n) is 6.95. The summed E-state index contributed by atoms with van der Waals surface area (Å²) in [6.45, 7) is 1.84. The molecule has 3 nitrogen and oxygen atoms in total. The van der Waals surface area contributed by atoms with Gasteiger partial charge >= 0.3 is 5.97 Å². The van der Waals surface area contributed by atoms with E-state index in [0.29, 0.717) is 5.92 Å². The monoisotopic (exact) mass is 310 g/mol. The van der Waals surface area contributed by atoms with Crippen LogP contribution in [-0.4, -0.2) is 24.8 Å². The quantitative estimate of drug-likeness (QED) is 0.672. The average Bonchev–Trinajstić information content (AvgIpc) is 2.94. The maximum Gasteiger partial charge on any atom is 0.319 e. The van der Waals surface area contributed by atoms with E-state index in [-0.39, 0.29) is 18.5 Å². The molecule has 120 valence electrons. The van der Waals surface area contributed by atoms with E-state index in [9.17, 15) is 9.90 Å². The molecule has 1 N–H and O–H groups in total. The predicted molar refractivity (Wildman–Crippen MR) is 89.4 cm³/mol. The maximum atomic E-state index is 12.9. The van der Waals surface area contributed by atoms with Crippen molar-refractivity contribution < 1.29 is 14.6 Å². The first kappa shape index (κ1) is 14.7. The molecule has 3 unspecified atom stereocenters. The van der Waals surface area contributed by atoms with Gasteiger partial charge in [0.25, 0.3) is 0 Å². The van der Waals surface area contributed by atoms with Crippen LogP contribution < -0.4 is 0 Å². The number of rotatable bonds is 2. The van der Waals surface area contributed by atoms with Crippen molar-refractivity contribution in [2.75, 3.05) is 13.7 Å². The van der Waals surface area contributed by atoms with Crippen molar-refractivity contribution in [1.82, 2.24) is 0 Å². The van der Waals surface area contributed by atoms with Crippen molar-refractivity contribution in [2.24, 2.45) is 17.3 Å². The smallest absolute Gasteiger partial charge is 0.319 e. The summed E-state index contributed by atoms with van der Waals surface area (Å²) in [6, 6.07) is 8.24. The molecule has 4 rings (SSSR count). The van der Waals surface area contributed by atoms with E-state index >= 15 is 0 Å². The zero-order chi connectivity index (χ0) is 16.2. The fraction of sp³-hybridized carbons (Fsp3) is 0.450. The molecule has 1 aromatic rings. The Morgan fingerprint density at radius 1 is 1.35 bits per heavy atom. The number of fused-ring (bicyclic) bond motifs is 5. The van der Waals surface area contributed by atoms with Crippen LogP contribution in [0.3, 0.4) is 0 Å². The molecule has 3 heteroatoms. The van der Waals surface area contributed by atoms with Crippen LogP contribution in [0.2, 0.25) is 0 Å². The second-order valence-corrected chi connectivity index (χ2v) is 6.95. The second kappa shape index (κ2) is 5.07. The van der Waals surface area contributed by atoms with Crippen molar-refractivity contribution in [3.8, 4) is 0 Å². The summed E-state index contributed by atoms with van der Waals surface area (Å²) in [6.07, 6.45) is 5.11. The van der Waals surface area contributed by atoms with E-state index in [1.807, 2.05) is 19.1 Å². The summed E-state index contributed by atoms with van der Waals surface area (Å²) >= 11 is 0. The van der Waals surface area contributed by atoms with Crippen LogP contribution in [-0.2, 0) is 9.53 Å². The van der Waals surface area contributed by atoms with Crippen LogP contribution >= 0.6 is 0 Å². The lowest BCUT2D eigenvalue weighted by molar-refractivity contribution is -0.153. The van der Waals surface area contributed by atoms with Gasteiger partial charge in [0, 0.05) is 5.92 Å². The van der Waals surface area contributed by atoms with Crippen LogP contribution in [0.4, 0.5) is 0 Å².